The summed E-state index contributed by atoms with van der Waals surface area (Å²) in [6, 6.07) is 1.41. The molecule has 2 N–H and O–H groups in total. The number of carboxylic acids is 1. The summed E-state index contributed by atoms with van der Waals surface area (Å²) < 4.78 is 30.3. The summed E-state index contributed by atoms with van der Waals surface area (Å²) in [6.45, 7) is 2.83. The Hall–Kier alpha value is -1.61. The minimum atomic E-state index is -4.10. The average molecular weight is 307 g/mol. The standard InChI is InChI=1S/C10H13NO6S2/c1-3-17-10(14)7-4-5-18-8(7)11-19(15,16)6(2)9(12)13/h4-6,11H,3H2,1-2H3,(H,12,13). The van der Waals surface area contributed by atoms with Crippen molar-refractivity contribution in [2.24, 2.45) is 0 Å². The highest BCUT2D eigenvalue weighted by atomic mass is 32.2. The number of carbonyl (C=O) groups is 2. The normalized spacial score (nSPS) is 12.7. The Kier molecular flexibility index (Phi) is 4.90. The molecule has 0 amide bonds. The molecule has 19 heavy (non-hydrogen) atoms. The van der Waals surface area contributed by atoms with Gasteiger partial charge in [-0.25, -0.2) is 13.2 Å². The van der Waals surface area contributed by atoms with Gasteiger partial charge in [-0.1, -0.05) is 0 Å². The van der Waals surface area contributed by atoms with Crippen molar-refractivity contribution in [3.63, 3.8) is 0 Å². The minimum absolute atomic E-state index is 0.0477. The van der Waals surface area contributed by atoms with E-state index in [-0.39, 0.29) is 17.2 Å². The molecule has 0 aliphatic heterocycles. The molecule has 1 unspecified atom stereocenters. The lowest BCUT2D eigenvalue weighted by molar-refractivity contribution is -0.136. The lowest BCUT2D eigenvalue weighted by Gasteiger charge is -2.11. The Morgan fingerprint density at radius 3 is 2.68 bits per heavy atom. The molecule has 9 heteroatoms. The number of ether oxygens (including phenoxy) is 1. The number of aliphatic carboxylic acids is 1. The van der Waals surface area contributed by atoms with E-state index in [2.05, 4.69) is 4.72 Å². The highest BCUT2D eigenvalue weighted by Crippen LogP contribution is 2.26. The summed E-state index contributed by atoms with van der Waals surface area (Å²) in [4.78, 5) is 22.2. The number of hydrogen-bond acceptors (Lipinski definition) is 6. The lowest BCUT2D eigenvalue weighted by Crippen LogP contribution is -2.32. The average Bonchev–Trinajstić information content (AvgIpc) is 2.75. The topological polar surface area (TPSA) is 110 Å². The zero-order valence-electron chi connectivity index (χ0n) is 10.2. The third kappa shape index (κ3) is 3.67. The van der Waals surface area contributed by atoms with Crippen molar-refractivity contribution in [3.8, 4) is 0 Å². The molecule has 0 aliphatic rings. The van der Waals surface area contributed by atoms with Crippen LogP contribution in [0.1, 0.15) is 24.2 Å². The summed E-state index contributed by atoms with van der Waals surface area (Å²) in [5, 5.41) is 8.64. The van der Waals surface area contributed by atoms with Crippen LogP contribution in [-0.2, 0) is 19.6 Å². The summed E-state index contributed by atoms with van der Waals surface area (Å²) in [5.74, 6) is -2.13. The molecule has 1 atom stereocenters. The van der Waals surface area contributed by atoms with Gasteiger partial charge in [0.2, 0.25) is 10.0 Å². The van der Waals surface area contributed by atoms with E-state index in [0.717, 1.165) is 18.3 Å². The molecule has 0 fully saturated rings. The van der Waals surface area contributed by atoms with Crippen molar-refractivity contribution < 1.29 is 27.9 Å². The van der Waals surface area contributed by atoms with Crippen molar-refractivity contribution in [2.75, 3.05) is 11.3 Å². The fourth-order valence-corrected chi connectivity index (χ4v) is 3.08. The quantitative estimate of drug-likeness (QED) is 0.763. The Morgan fingerprint density at radius 2 is 2.16 bits per heavy atom. The summed E-state index contributed by atoms with van der Waals surface area (Å²) in [6.07, 6.45) is 0. The molecule has 0 radical (unpaired) electrons. The predicted molar refractivity (Wildman–Crippen MR) is 69.9 cm³/mol. The maximum atomic E-state index is 11.7. The van der Waals surface area contributed by atoms with Crippen LogP contribution >= 0.6 is 11.3 Å². The molecular formula is C10H13NO6S2. The number of thiophene rings is 1. The van der Waals surface area contributed by atoms with E-state index in [1.165, 1.54) is 11.4 Å². The number of rotatable bonds is 6. The van der Waals surface area contributed by atoms with Crippen molar-refractivity contribution in [3.05, 3.63) is 17.0 Å². The van der Waals surface area contributed by atoms with Gasteiger partial charge < -0.3 is 9.84 Å². The molecule has 7 nitrogen and oxygen atoms in total. The number of anilines is 1. The van der Waals surface area contributed by atoms with Crippen LogP contribution in [0.25, 0.3) is 0 Å². The number of hydrogen-bond donors (Lipinski definition) is 2. The van der Waals surface area contributed by atoms with Gasteiger partial charge in [-0.15, -0.1) is 11.3 Å². The smallest absolute Gasteiger partial charge is 0.341 e. The molecular weight excluding hydrogens is 294 g/mol. The summed E-state index contributed by atoms with van der Waals surface area (Å²) in [7, 11) is -4.10. The Bertz CT molecular complexity index is 577. The largest absolute Gasteiger partial charge is 0.480 e. The Morgan fingerprint density at radius 1 is 1.53 bits per heavy atom. The first-order valence-electron chi connectivity index (χ1n) is 5.28. The van der Waals surface area contributed by atoms with Crippen LogP contribution in [0, 0.1) is 0 Å². The molecule has 0 spiro atoms. The monoisotopic (exact) mass is 307 g/mol. The van der Waals surface area contributed by atoms with E-state index in [4.69, 9.17) is 9.84 Å². The zero-order chi connectivity index (χ0) is 14.6. The summed E-state index contributed by atoms with van der Waals surface area (Å²) >= 11 is 0.976. The fraction of sp³-hybridized carbons (Fsp3) is 0.400. The third-order valence-electron chi connectivity index (χ3n) is 2.21. The number of carboxylic acid groups (broad SMARTS) is 1. The molecule has 1 heterocycles. The molecule has 0 saturated heterocycles. The van der Waals surface area contributed by atoms with E-state index in [1.54, 1.807) is 6.92 Å². The van der Waals surface area contributed by atoms with Crippen LogP contribution in [0.4, 0.5) is 5.00 Å². The van der Waals surface area contributed by atoms with Gasteiger partial charge in [0.15, 0.2) is 5.25 Å². The van der Waals surface area contributed by atoms with Gasteiger partial charge in [0, 0.05) is 0 Å². The van der Waals surface area contributed by atoms with E-state index < -0.39 is 27.2 Å². The first-order valence-corrected chi connectivity index (χ1v) is 7.71. The van der Waals surface area contributed by atoms with Crippen LogP contribution in [-0.4, -0.2) is 37.3 Å². The number of esters is 1. The van der Waals surface area contributed by atoms with Gasteiger partial charge >= 0.3 is 11.9 Å². The van der Waals surface area contributed by atoms with Gasteiger partial charge in [-0.3, -0.25) is 9.52 Å². The number of nitrogens with one attached hydrogen (secondary N) is 1. The van der Waals surface area contributed by atoms with E-state index in [1.807, 2.05) is 0 Å². The first kappa shape index (κ1) is 15.4. The van der Waals surface area contributed by atoms with Gasteiger partial charge in [0.25, 0.3) is 0 Å². The van der Waals surface area contributed by atoms with Crippen molar-refractivity contribution >= 4 is 38.3 Å². The maximum absolute atomic E-state index is 11.7. The molecule has 0 saturated carbocycles. The molecule has 1 aromatic rings. The number of sulfonamides is 1. The Balaban J connectivity index is 2.98. The second-order valence-electron chi connectivity index (χ2n) is 3.51. The van der Waals surface area contributed by atoms with Crippen LogP contribution in [0.15, 0.2) is 11.4 Å². The zero-order valence-corrected chi connectivity index (χ0v) is 11.9. The van der Waals surface area contributed by atoms with Gasteiger partial charge in [0.05, 0.1) is 12.2 Å². The van der Waals surface area contributed by atoms with Gasteiger partial charge in [-0.05, 0) is 25.3 Å². The van der Waals surface area contributed by atoms with Crippen LogP contribution < -0.4 is 4.72 Å². The molecule has 106 valence electrons. The van der Waals surface area contributed by atoms with Crippen molar-refractivity contribution in [2.45, 2.75) is 19.1 Å². The highest BCUT2D eigenvalue weighted by molar-refractivity contribution is 7.94. The second kappa shape index (κ2) is 6.02. The Labute approximate surface area is 114 Å². The molecule has 1 aromatic heterocycles. The van der Waals surface area contributed by atoms with Crippen molar-refractivity contribution in [1.29, 1.82) is 0 Å². The predicted octanol–water partition coefficient (Wildman–Crippen LogP) is 1.14. The van der Waals surface area contributed by atoms with Gasteiger partial charge in [-0.2, -0.15) is 0 Å². The highest BCUT2D eigenvalue weighted by Gasteiger charge is 2.29. The second-order valence-corrected chi connectivity index (χ2v) is 6.43. The minimum Gasteiger partial charge on any atom is -0.480 e. The van der Waals surface area contributed by atoms with E-state index in [0.29, 0.717) is 0 Å². The maximum Gasteiger partial charge on any atom is 0.341 e. The molecule has 0 aliphatic carbocycles. The third-order valence-corrected chi connectivity index (χ3v) is 4.79. The number of carbonyl (C=O) groups excluding carboxylic acids is 1. The first-order chi connectivity index (χ1) is 8.79. The van der Waals surface area contributed by atoms with Gasteiger partial charge in [0.1, 0.15) is 5.00 Å². The molecule has 1 rings (SSSR count). The van der Waals surface area contributed by atoms with Crippen molar-refractivity contribution in [1.82, 2.24) is 0 Å². The van der Waals surface area contributed by atoms with Crippen LogP contribution in [0.3, 0.4) is 0 Å². The molecule has 0 aromatic carbocycles. The lowest BCUT2D eigenvalue weighted by atomic mass is 10.3. The van der Waals surface area contributed by atoms with E-state index in [9.17, 15) is 18.0 Å². The van der Waals surface area contributed by atoms with Crippen LogP contribution in [0.5, 0.6) is 0 Å². The summed E-state index contributed by atoms with van der Waals surface area (Å²) in [5.41, 5.74) is 0.0630. The van der Waals surface area contributed by atoms with Crippen LogP contribution in [0.2, 0.25) is 0 Å². The SMILES string of the molecule is CCOC(=O)c1ccsc1NS(=O)(=O)C(C)C(=O)O. The molecule has 0 bridgehead atoms. The van der Waals surface area contributed by atoms with E-state index >= 15 is 0 Å². The fourth-order valence-electron chi connectivity index (χ4n) is 1.11.